The molecule has 1 saturated carbocycles. The van der Waals surface area contributed by atoms with Crippen molar-refractivity contribution in [2.24, 2.45) is 5.92 Å². The molecule has 0 spiro atoms. The molecule has 4 unspecified atom stereocenters. The normalized spacial score (nSPS) is 32.5. The van der Waals surface area contributed by atoms with E-state index in [0.717, 1.165) is 11.1 Å². The molecule has 24 heavy (non-hydrogen) atoms. The third kappa shape index (κ3) is 2.18. The molecule has 1 aromatic rings. The van der Waals surface area contributed by atoms with E-state index in [1.807, 2.05) is 31.2 Å². The number of rotatable bonds is 1. The lowest BCUT2D eigenvalue weighted by Gasteiger charge is -2.36. The van der Waals surface area contributed by atoms with Crippen molar-refractivity contribution in [2.45, 2.75) is 44.5 Å². The molecule has 1 aliphatic carbocycles. The molecule has 0 bridgehead atoms. The van der Waals surface area contributed by atoms with Crippen LogP contribution in [0.5, 0.6) is 0 Å². The molecule has 126 valence electrons. The Bertz CT molecular complexity index is 739. The minimum absolute atomic E-state index is 0.119. The molecule has 1 fully saturated rings. The van der Waals surface area contributed by atoms with Gasteiger partial charge in [0, 0.05) is 7.05 Å². The SMILES string of the molecule is Cc1ccc(C2C3=C(OC4CCC(F)CC4C3=O)C(=O)N2C)cc1. The molecule has 2 heterocycles. The van der Waals surface area contributed by atoms with Gasteiger partial charge in [0.1, 0.15) is 12.3 Å². The van der Waals surface area contributed by atoms with Gasteiger partial charge in [-0.05, 0) is 31.7 Å². The Morgan fingerprint density at radius 3 is 2.58 bits per heavy atom. The van der Waals surface area contributed by atoms with Gasteiger partial charge in [-0.2, -0.15) is 0 Å². The summed E-state index contributed by atoms with van der Waals surface area (Å²) in [5, 5.41) is 0. The fraction of sp³-hybridized carbons (Fsp3) is 0.474. The van der Waals surface area contributed by atoms with Crippen molar-refractivity contribution in [2.75, 3.05) is 7.05 Å². The van der Waals surface area contributed by atoms with Gasteiger partial charge in [-0.15, -0.1) is 0 Å². The quantitative estimate of drug-likeness (QED) is 0.796. The highest BCUT2D eigenvalue weighted by Gasteiger charge is 2.51. The third-order valence-corrected chi connectivity index (χ3v) is 5.41. The van der Waals surface area contributed by atoms with Crippen LogP contribution in [0.15, 0.2) is 35.6 Å². The number of fused-ring (bicyclic) bond motifs is 1. The van der Waals surface area contributed by atoms with Crippen molar-refractivity contribution < 1.29 is 18.7 Å². The van der Waals surface area contributed by atoms with Gasteiger partial charge in [0.15, 0.2) is 11.5 Å². The summed E-state index contributed by atoms with van der Waals surface area (Å²) in [5.41, 5.74) is 2.39. The molecule has 0 radical (unpaired) electrons. The van der Waals surface area contributed by atoms with Crippen molar-refractivity contribution in [3.8, 4) is 0 Å². The number of amides is 1. The Hall–Kier alpha value is -2.17. The molecule has 3 aliphatic rings. The second-order valence-electron chi connectivity index (χ2n) is 7.01. The minimum atomic E-state index is -0.964. The Balaban J connectivity index is 1.77. The van der Waals surface area contributed by atoms with Gasteiger partial charge in [-0.25, -0.2) is 4.39 Å². The van der Waals surface area contributed by atoms with Gasteiger partial charge in [0.25, 0.3) is 5.91 Å². The number of alkyl halides is 1. The highest BCUT2D eigenvalue weighted by Crippen LogP contribution is 2.46. The lowest BCUT2D eigenvalue weighted by atomic mass is 9.77. The fourth-order valence-electron chi connectivity index (χ4n) is 4.07. The second kappa shape index (κ2) is 5.43. The zero-order chi connectivity index (χ0) is 17.0. The summed E-state index contributed by atoms with van der Waals surface area (Å²) in [6.45, 7) is 1.99. The standard InChI is InChI=1S/C19H20FNO3/c1-10-3-5-11(6-4-10)16-15-17(22)13-9-12(20)7-8-14(13)24-18(15)19(23)21(16)2/h3-6,12-14,16H,7-9H2,1-2H3. The molecule has 2 aliphatic heterocycles. The molecule has 4 nitrogen and oxygen atoms in total. The van der Waals surface area contributed by atoms with E-state index in [1.165, 1.54) is 0 Å². The van der Waals surface area contributed by atoms with E-state index in [4.69, 9.17) is 4.74 Å². The summed E-state index contributed by atoms with van der Waals surface area (Å²) in [6, 6.07) is 7.33. The van der Waals surface area contributed by atoms with Crippen molar-refractivity contribution in [3.63, 3.8) is 0 Å². The number of halogens is 1. The van der Waals surface area contributed by atoms with E-state index in [0.29, 0.717) is 18.4 Å². The number of Topliss-reactive ketones (excluding diaryl/α,β-unsaturated/α-hetero) is 1. The van der Waals surface area contributed by atoms with Crippen molar-refractivity contribution in [3.05, 3.63) is 46.7 Å². The van der Waals surface area contributed by atoms with Crippen molar-refractivity contribution in [1.29, 1.82) is 0 Å². The van der Waals surface area contributed by atoms with Gasteiger partial charge in [0.05, 0.1) is 17.5 Å². The number of benzene rings is 1. The Labute approximate surface area is 140 Å². The maximum absolute atomic E-state index is 13.8. The maximum atomic E-state index is 13.8. The first-order chi connectivity index (χ1) is 11.5. The van der Waals surface area contributed by atoms with Crippen LogP contribution >= 0.6 is 0 Å². The number of ether oxygens (including phenoxy) is 1. The monoisotopic (exact) mass is 329 g/mol. The molecule has 1 amide bonds. The summed E-state index contributed by atoms with van der Waals surface area (Å²) >= 11 is 0. The average molecular weight is 329 g/mol. The number of nitrogens with zero attached hydrogens (tertiary/aromatic N) is 1. The predicted molar refractivity (Wildman–Crippen MR) is 85.8 cm³/mol. The van der Waals surface area contributed by atoms with Crippen LogP contribution in [-0.4, -0.2) is 35.9 Å². The second-order valence-corrected chi connectivity index (χ2v) is 7.01. The largest absolute Gasteiger partial charge is 0.483 e. The first-order valence-corrected chi connectivity index (χ1v) is 8.40. The van der Waals surface area contributed by atoms with Crippen LogP contribution in [0, 0.1) is 12.8 Å². The molecule has 0 N–H and O–H groups in total. The summed E-state index contributed by atoms with van der Waals surface area (Å²) in [7, 11) is 1.68. The number of aryl methyl sites for hydroxylation is 1. The van der Waals surface area contributed by atoms with Crippen LogP contribution in [0.25, 0.3) is 0 Å². The van der Waals surface area contributed by atoms with E-state index in [9.17, 15) is 14.0 Å². The average Bonchev–Trinajstić information content (AvgIpc) is 2.82. The van der Waals surface area contributed by atoms with Gasteiger partial charge < -0.3 is 9.64 Å². The highest BCUT2D eigenvalue weighted by atomic mass is 19.1. The lowest BCUT2D eigenvalue weighted by molar-refractivity contribution is -0.135. The van der Waals surface area contributed by atoms with Crippen LogP contribution in [-0.2, 0) is 14.3 Å². The fourth-order valence-corrected chi connectivity index (χ4v) is 4.07. The number of likely N-dealkylation sites (N-methyl/N-ethyl adjacent to an activating group) is 1. The molecule has 4 atom stereocenters. The van der Waals surface area contributed by atoms with Gasteiger partial charge in [-0.1, -0.05) is 29.8 Å². The Kier molecular flexibility index (Phi) is 3.48. The minimum Gasteiger partial charge on any atom is -0.483 e. The highest BCUT2D eigenvalue weighted by molar-refractivity contribution is 6.11. The van der Waals surface area contributed by atoms with E-state index in [-0.39, 0.29) is 30.0 Å². The van der Waals surface area contributed by atoms with Gasteiger partial charge in [-0.3, -0.25) is 9.59 Å². The summed E-state index contributed by atoms with van der Waals surface area (Å²) in [4.78, 5) is 27.2. The zero-order valence-electron chi connectivity index (χ0n) is 13.8. The number of carbonyl (C=O) groups excluding carboxylic acids is 2. The molecule has 4 rings (SSSR count). The van der Waals surface area contributed by atoms with Crippen molar-refractivity contribution >= 4 is 11.7 Å². The van der Waals surface area contributed by atoms with E-state index >= 15 is 0 Å². The Morgan fingerprint density at radius 1 is 1.17 bits per heavy atom. The zero-order valence-corrected chi connectivity index (χ0v) is 13.8. The number of hydrogen-bond acceptors (Lipinski definition) is 3. The van der Waals surface area contributed by atoms with Crippen LogP contribution in [0.1, 0.15) is 36.4 Å². The van der Waals surface area contributed by atoms with Gasteiger partial charge in [0.2, 0.25) is 0 Å². The molecular weight excluding hydrogens is 309 g/mol. The summed E-state index contributed by atoms with van der Waals surface area (Å²) in [5.74, 6) is -0.678. The molecule has 0 saturated heterocycles. The summed E-state index contributed by atoms with van der Waals surface area (Å²) < 4.78 is 19.7. The number of ketones is 1. The lowest BCUT2D eigenvalue weighted by Crippen LogP contribution is -2.42. The Morgan fingerprint density at radius 2 is 1.88 bits per heavy atom. The molecule has 0 aromatic heterocycles. The molecule has 5 heteroatoms. The first kappa shape index (κ1) is 15.4. The van der Waals surface area contributed by atoms with E-state index < -0.39 is 18.1 Å². The summed E-state index contributed by atoms with van der Waals surface area (Å²) in [6.07, 6.45) is -0.257. The third-order valence-electron chi connectivity index (χ3n) is 5.41. The van der Waals surface area contributed by atoms with E-state index in [2.05, 4.69) is 0 Å². The van der Waals surface area contributed by atoms with E-state index in [1.54, 1.807) is 11.9 Å². The maximum Gasteiger partial charge on any atom is 0.289 e. The number of hydrogen-bond donors (Lipinski definition) is 0. The number of carbonyl (C=O) groups is 2. The van der Waals surface area contributed by atoms with Crippen LogP contribution in [0.2, 0.25) is 0 Å². The molecular formula is C19H20FNO3. The first-order valence-electron chi connectivity index (χ1n) is 8.40. The topological polar surface area (TPSA) is 46.6 Å². The van der Waals surface area contributed by atoms with Crippen LogP contribution in [0.4, 0.5) is 4.39 Å². The predicted octanol–water partition coefficient (Wildman–Crippen LogP) is 2.87. The van der Waals surface area contributed by atoms with Crippen molar-refractivity contribution in [1.82, 2.24) is 4.90 Å². The van der Waals surface area contributed by atoms with Crippen LogP contribution in [0.3, 0.4) is 0 Å². The van der Waals surface area contributed by atoms with Gasteiger partial charge >= 0.3 is 0 Å². The smallest absolute Gasteiger partial charge is 0.289 e. The molecule has 1 aromatic carbocycles. The van der Waals surface area contributed by atoms with Crippen LogP contribution < -0.4 is 0 Å².